The smallest absolute Gasteiger partial charge is 0.148 e. The molecule has 3 nitrogen and oxygen atoms in total. The van der Waals surface area contributed by atoms with Gasteiger partial charge in [-0.05, 0) is 32.9 Å². The largest absolute Gasteiger partial charge is 0.395 e. The molecule has 0 saturated heterocycles. The van der Waals surface area contributed by atoms with E-state index in [4.69, 9.17) is 10.5 Å². The molecule has 1 aromatic rings. The summed E-state index contributed by atoms with van der Waals surface area (Å²) in [7, 11) is 0. The van der Waals surface area contributed by atoms with Crippen LogP contribution >= 0.6 is 0 Å². The average Bonchev–Trinajstić information content (AvgIpc) is 2.20. The quantitative estimate of drug-likeness (QED) is 0.759. The molecule has 0 heterocycles. The molecule has 0 aromatic heterocycles. The number of nitrogens with two attached hydrogens (primary N) is 1. The molecule has 0 fully saturated rings. The Morgan fingerprint density at radius 3 is 2.75 bits per heavy atom. The van der Waals surface area contributed by atoms with E-state index >= 15 is 0 Å². The summed E-state index contributed by atoms with van der Waals surface area (Å²) in [5.41, 5.74) is 6.06. The van der Waals surface area contributed by atoms with Crippen LogP contribution in [-0.4, -0.2) is 18.8 Å². The fourth-order valence-electron chi connectivity index (χ4n) is 1.44. The first kappa shape index (κ1) is 12.8. The molecule has 0 radical (unpaired) electrons. The zero-order valence-corrected chi connectivity index (χ0v) is 10.0. The fourth-order valence-corrected chi connectivity index (χ4v) is 1.44. The van der Waals surface area contributed by atoms with Gasteiger partial charge in [0, 0.05) is 13.2 Å². The Hall–Kier alpha value is -1.29. The van der Waals surface area contributed by atoms with Crippen molar-refractivity contribution in [2.75, 3.05) is 24.2 Å². The van der Waals surface area contributed by atoms with E-state index in [-0.39, 0.29) is 11.3 Å². The molecule has 0 aliphatic rings. The van der Waals surface area contributed by atoms with Crippen LogP contribution in [0.5, 0.6) is 0 Å². The SMILES string of the molecule is CCOC(C)(C)CNc1cccc(F)c1N. The molecule has 0 saturated carbocycles. The molecule has 4 heteroatoms. The summed E-state index contributed by atoms with van der Waals surface area (Å²) < 4.78 is 18.7. The van der Waals surface area contributed by atoms with Gasteiger partial charge in [0.15, 0.2) is 0 Å². The van der Waals surface area contributed by atoms with Crippen molar-refractivity contribution in [2.45, 2.75) is 26.4 Å². The zero-order chi connectivity index (χ0) is 12.2. The summed E-state index contributed by atoms with van der Waals surface area (Å²) in [6.45, 7) is 7.11. The highest BCUT2D eigenvalue weighted by molar-refractivity contribution is 5.66. The Labute approximate surface area is 95.8 Å². The van der Waals surface area contributed by atoms with Gasteiger partial charge in [0.25, 0.3) is 0 Å². The number of ether oxygens (including phenoxy) is 1. The van der Waals surface area contributed by atoms with E-state index in [1.165, 1.54) is 6.07 Å². The summed E-state index contributed by atoms with van der Waals surface area (Å²) in [6, 6.07) is 4.72. The van der Waals surface area contributed by atoms with Gasteiger partial charge in [0.05, 0.1) is 17.0 Å². The minimum Gasteiger partial charge on any atom is -0.395 e. The molecular weight excluding hydrogens is 207 g/mol. The molecule has 0 aliphatic heterocycles. The van der Waals surface area contributed by atoms with Crippen LogP contribution in [0.4, 0.5) is 15.8 Å². The lowest BCUT2D eigenvalue weighted by Gasteiger charge is -2.25. The first-order chi connectivity index (χ1) is 7.46. The van der Waals surface area contributed by atoms with E-state index in [2.05, 4.69) is 5.32 Å². The van der Waals surface area contributed by atoms with E-state index in [0.29, 0.717) is 18.8 Å². The first-order valence-corrected chi connectivity index (χ1v) is 5.38. The maximum atomic E-state index is 13.2. The predicted octanol–water partition coefficient (Wildman–Crippen LogP) is 2.63. The second-order valence-corrected chi connectivity index (χ2v) is 4.25. The highest BCUT2D eigenvalue weighted by Gasteiger charge is 2.17. The third-order valence-corrected chi connectivity index (χ3v) is 2.29. The van der Waals surface area contributed by atoms with E-state index in [0.717, 1.165) is 0 Å². The molecule has 90 valence electrons. The molecule has 0 amide bonds. The molecule has 1 aromatic carbocycles. The van der Waals surface area contributed by atoms with Crippen molar-refractivity contribution >= 4 is 11.4 Å². The molecule has 0 aliphatic carbocycles. The van der Waals surface area contributed by atoms with E-state index in [1.807, 2.05) is 20.8 Å². The third-order valence-electron chi connectivity index (χ3n) is 2.29. The number of anilines is 2. The van der Waals surface area contributed by atoms with E-state index in [9.17, 15) is 4.39 Å². The third kappa shape index (κ3) is 3.38. The number of nitrogens with one attached hydrogen (secondary N) is 1. The predicted molar refractivity (Wildman–Crippen MR) is 65.0 cm³/mol. The fraction of sp³-hybridized carbons (Fsp3) is 0.500. The van der Waals surface area contributed by atoms with Crippen molar-refractivity contribution in [1.82, 2.24) is 0 Å². The van der Waals surface area contributed by atoms with Gasteiger partial charge in [-0.15, -0.1) is 0 Å². The Bertz CT molecular complexity index is 353. The average molecular weight is 226 g/mol. The van der Waals surface area contributed by atoms with Crippen LogP contribution < -0.4 is 11.1 Å². The Balaban J connectivity index is 2.64. The Morgan fingerprint density at radius 1 is 1.44 bits per heavy atom. The van der Waals surface area contributed by atoms with Crippen molar-refractivity contribution in [3.63, 3.8) is 0 Å². The number of para-hydroxylation sites is 1. The van der Waals surface area contributed by atoms with Crippen LogP contribution in [0.3, 0.4) is 0 Å². The highest BCUT2D eigenvalue weighted by Crippen LogP contribution is 2.22. The Morgan fingerprint density at radius 2 is 2.12 bits per heavy atom. The molecule has 0 unspecified atom stereocenters. The van der Waals surface area contributed by atoms with Crippen molar-refractivity contribution in [1.29, 1.82) is 0 Å². The molecule has 16 heavy (non-hydrogen) atoms. The first-order valence-electron chi connectivity index (χ1n) is 5.38. The molecule has 0 spiro atoms. The lowest BCUT2D eigenvalue weighted by Crippen LogP contribution is -2.33. The number of rotatable bonds is 5. The van der Waals surface area contributed by atoms with Gasteiger partial charge in [-0.2, -0.15) is 0 Å². The van der Waals surface area contributed by atoms with Crippen LogP contribution in [0.1, 0.15) is 20.8 Å². The van der Waals surface area contributed by atoms with Crippen LogP contribution in [-0.2, 0) is 4.74 Å². The number of benzene rings is 1. The topological polar surface area (TPSA) is 47.3 Å². The van der Waals surface area contributed by atoms with Gasteiger partial charge < -0.3 is 15.8 Å². The second-order valence-electron chi connectivity index (χ2n) is 4.25. The molecule has 0 atom stereocenters. The molecule has 1 rings (SSSR count). The zero-order valence-electron chi connectivity index (χ0n) is 10.0. The highest BCUT2D eigenvalue weighted by atomic mass is 19.1. The van der Waals surface area contributed by atoms with Gasteiger partial charge in [-0.1, -0.05) is 6.07 Å². The number of hydrogen-bond donors (Lipinski definition) is 2. The number of nitrogen functional groups attached to an aromatic ring is 1. The van der Waals surface area contributed by atoms with Crippen LogP contribution in [0.25, 0.3) is 0 Å². The van der Waals surface area contributed by atoms with Gasteiger partial charge in [-0.25, -0.2) is 4.39 Å². The summed E-state index contributed by atoms with van der Waals surface area (Å²) in [5, 5.41) is 3.09. The van der Waals surface area contributed by atoms with Crippen molar-refractivity contribution in [3.05, 3.63) is 24.0 Å². The summed E-state index contributed by atoms with van der Waals surface area (Å²) in [5.74, 6) is -0.404. The second kappa shape index (κ2) is 5.16. The minimum absolute atomic E-state index is 0.148. The van der Waals surface area contributed by atoms with Crippen molar-refractivity contribution in [2.24, 2.45) is 0 Å². The number of hydrogen-bond acceptors (Lipinski definition) is 3. The van der Waals surface area contributed by atoms with E-state index in [1.54, 1.807) is 12.1 Å². The minimum atomic E-state index is -0.404. The maximum absolute atomic E-state index is 13.2. The van der Waals surface area contributed by atoms with Crippen LogP contribution in [0.15, 0.2) is 18.2 Å². The van der Waals surface area contributed by atoms with Gasteiger partial charge >= 0.3 is 0 Å². The van der Waals surface area contributed by atoms with Crippen molar-refractivity contribution in [3.8, 4) is 0 Å². The monoisotopic (exact) mass is 226 g/mol. The van der Waals surface area contributed by atoms with Gasteiger partial charge in [-0.3, -0.25) is 0 Å². The standard InChI is InChI=1S/C12H19FN2O/c1-4-16-12(2,3)8-15-10-7-5-6-9(13)11(10)14/h5-7,15H,4,8,14H2,1-3H3. The van der Waals surface area contributed by atoms with E-state index < -0.39 is 5.82 Å². The van der Waals surface area contributed by atoms with Gasteiger partial charge in [0.1, 0.15) is 5.82 Å². The molecule has 0 bridgehead atoms. The van der Waals surface area contributed by atoms with Crippen molar-refractivity contribution < 1.29 is 9.13 Å². The summed E-state index contributed by atoms with van der Waals surface area (Å²) in [4.78, 5) is 0. The summed E-state index contributed by atoms with van der Waals surface area (Å²) in [6.07, 6.45) is 0. The van der Waals surface area contributed by atoms with Gasteiger partial charge in [0.2, 0.25) is 0 Å². The normalized spacial score (nSPS) is 11.5. The molecule has 3 N–H and O–H groups in total. The maximum Gasteiger partial charge on any atom is 0.148 e. The number of halogens is 1. The lowest BCUT2D eigenvalue weighted by molar-refractivity contribution is 0.000706. The molecular formula is C12H19FN2O. The van der Waals surface area contributed by atoms with Crippen LogP contribution in [0, 0.1) is 5.82 Å². The van der Waals surface area contributed by atoms with Crippen LogP contribution in [0.2, 0.25) is 0 Å². The Kier molecular flexibility index (Phi) is 4.12. The lowest BCUT2D eigenvalue weighted by atomic mass is 10.1. The summed E-state index contributed by atoms with van der Waals surface area (Å²) >= 11 is 0.